The molecule has 0 aliphatic carbocycles. The molecule has 1 nitrogen and oxygen atoms in total. The van der Waals surface area contributed by atoms with Crippen LogP contribution in [0.4, 0.5) is 0 Å². The van der Waals surface area contributed by atoms with Gasteiger partial charge in [0.2, 0.25) is 0 Å². The summed E-state index contributed by atoms with van der Waals surface area (Å²) in [4.78, 5) is 4.76. The number of aromatic nitrogens is 1. The van der Waals surface area contributed by atoms with Gasteiger partial charge in [-0.2, -0.15) is 0 Å². The summed E-state index contributed by atoms with van der Waals surface area (Å²) in [5, 5.41) is 2.38. The highest BCUT2D eigenvalue weighted by Gasteiger charge is 2.05. The molecule has 0 N–H and O–H groups in total. The Morgan fingerprint density at radius 1 is 0.545 bits per heavy atom. The molecule has 1 heteroatoms. The van der Waals surface area contributed by atoms with Crippen LogP contribution in [0.1, 0.15) is 11.1 Å². The zero-order valence-electron chi connectivity index (χ0n) is 12.1. The minimum atomic E-state index is 1.04. The van der Waals surface area contributed by atoms with Crippen molar-refractivity contribution in [2.45, 2.75) is 0 Å². The first-order valence-corrected chi connectivity index (χ1v) is 7.42. The van der Waals surface area contributed by atoms with Crippen molar-refractivity contribution in [1.82, 2.24) is 4.98 Å². The van der Waals surface area contributed by atoms with Gasteiger partial charge in [0.05, 0.1) is 11.0 Å². The Hall–Kier alpha value is -2.93. The highest BCUT2D eigenvalue weighted by molar-refractivity contribution is 6.04. The highest BCUT2D eigenvalue weighted by atomic mass is 14.7. The van der Waals surface area contributed by atoms with Gasteiger partial charge in [0.1, 0.15) is 0 Å². The third kappa shape index (κ3) is 2.27. The first kappa shape index (κ1) is 12.8. The van der Waals surface area contributed by atoms with Crippen molar-refractivity contribution in [3.63, 3.8) is 0 Å². The topological polar surface area (TPSA) is 12.9 Å². The molecule has 0 bridgehead atoms. The Morgan fingerprint density at radius 2 is 1.09 bits per heavy atom. The Balaban J connectivity index is 1.98. The van der Waals surface area contributed by atoms with Crippen molar-refractivity contribution in [1.29, 1.82) is 0 Å². The largest absolute Gasteiger partial charge is 0.248 e. The number of nitrogens with zero attached hydrogens (tertiary/aromatic N) is 1. The van der Waals surface area contributed by atoms with Crippen molar-refractivity contribution in [3.8, 4) is 0 Å². The lowest BCUT2D eigenvalue weighted by Crippen LogP contribution is -1.87. The van der Waals surface area contributed by atoms with E-state index in [1.165, 1.54) is 21.9 Å². The summed E-state index contributed by atoms with van der Waals surface area (Å²) in [5.41, 5.74) is 4.50. The zero-order chi connectivity index (χ0) is 14.8. The van der Waals surface area contributed by atoms with Gasteiger partial charge in [-0.15, -0.1) is 0 Å². The smallest absolute Gasteiger partial charge is 0.0715 e. The SMILES string of the molecule is C(=Cc1c2ccccc2nc2ccccc12)c1ccccc1. The molecule has 0 unspecified atom stereocenters. The van der Waals surface area contributed by atoms with Crippen LogP contribution in [0.3, 0.4) is 0 Å². The Kier molecular flexibility index (Phi) is 3.17. The molecule has 0 radical (unpaired) electrons. The number of pyridine rings is 1. The zero-order valence-corrected chi connectivity index (χ0v) is 12.1. The van der Waals surface area contributed by atoms with E-state index in [1.54, 1.807) is 0 Å². The quantitative estimate of drug-likeness (QED) is 0.438. The van der Waals surface area contributed by atoms with Gasteiger partial charge in [-0.1, -0.05) is 78.9 Å². The minimum absolute atomic E-state index is 1.04. The maximum Gasteiger partial charge on any atom is 0.0715 e. The molecule has 0 aliphatic heterocycles. The number of hydrogen-bond donors (Lipinski definition) is 0. The number of rotatable bonds is 2. The van der Waals surface area contributed by atoms with Crippen molar-refractivity contribution in [3.05, 3.63) is 90.0 Å². The van der Waals surface area contributed by atoms with E-state index in [1.807, 2.05) is 18.2 Å². The summed E-state index contributed by atoms with van der Waals surface area (Å²) >= 11 is 0. The maximum absolute atomic E-state index is 4.76. The Bertz CT molecular complexity index is 915. The molecule has 3 aromatic carbocycles. The highest BCUT2D eigenvalue weighted by Crippen LogP contribution is 2.27. The fraction of sp³-hybridized carbons (Fsp3) is 0. The molecule has 1 heterocycles. The van der Waals surface area contributed by atoms with Gasteiger partial charge in [-0.25, -0.2) is 4.98 Å². The molecule has 104 valence electrons. The van der Waals surface area contributed by atoms with E-state index in [2.05, 4.69) is 72.8 Å². The van der Waals surface area contributed by atoms with Gasteiger partial charge in [-0.3, -0.25) is 0 Å². The van der Waals surface area contributed by atoms with Crippen LogP contribution in [0.15, 0.2) is 78.9 Å². The van der Waals surface area contributed by atoms with Crippen LogP contribution in [0.25, 0.3) is 34.0 Å². The first-order chi connectivity index (χ1) is 10.9. The number of fused-ring (bicyclic) bond motifs is 2. The summed E-state index contributed by atoms with van der Waals surface area (Å²) in [5.74, 6) is 0. The van der Waals surface area contributed by atoms with E-state index in [4.69, 9.17) is 4.98 Å². The van der Waals surface area contributed by atoms with Crippen LogP contribution in [-0.2, 0) is 0 Å². The third-order valence-corrected chi connectivity index (χ3v) is 3.87. The summed E-state index contributed by atoms with van der Waals surface area (Å²) < 4.78 is 0. The second-order valence-electron chi connectivity index (χ2n) is 5.30. The molecular weight excluding hydrogens is 266 g/mol. The van der Waals surface area contributed by atoms with Crippen LogP contribution in [0.5, 0.6) is 0 Å². The average Bonchev–Trinajstić information content (AvgIpc) is 2.59. The molecular formula is C21H15N. The summed E-state index contributed by atoms with van der Waals surface area (Å²) in [6.07, 6.45) is 4.36. The predicted octanol–water partition coefficient (Wildman–Crippen LogP) is 5.56. The summed E-state index contributed by atoms with van der Waals surface area (Å²) in [7, 11) is 0. The predicted molar refractivity (Wildman–Crippen MR) is 94.6 cm³/mol. The molecule has 0 atom stereocenters. The van der Waals surface area contributed by atoms with Crippen LogP contribution in [0, 0.1) is 0 Å². The molecule has 22 heavy (non-hydrogen) atoms. The lowest BCUT2D eigenvalue weighted by molar-refractivity contribution is 1.49. The Labute approximate surface area is 129 Å². The van der Waals surface area contributed by atoms with Crippen molar-refractivity contribution < 1.29 is 0 Å². The first-order valence-electron chi connectivity index (χ1n) is 7.42. The Morgan fingerprint density at radius 3 is 1.73 bits per heavy atom. The molecule has 4 rings (SSSR count). The van der Waals surface area contributed by atoms with Crippen LogP contribution in [-0.4, -0.2) is 4.98 Å². The molecule has 0 fully saturated rings. The third-order valence-electron chi connectivity index (χ3n) is 3.87. The number of benzene rings is 3. The van der Waals surface area contributed by atoms with Crippen LogP contribution >= 0.6 is 0 Å². The van der Waals surface area contributed by atoms with E-state index >= 15 is 0 Å². The van der Waals surface area contributed by atoms with Crippen LogP contribution in [0.2, 0.25) is 0 Å². The van der Waals surface area contributed by atoms with Gasteiger partial charge < -0.3 is 0 Å². The fourth-order valence-corrected chi connectivity index (χ4v) is 2.80. The molecule has 0 aliphatic rings. The molecule has 1 aromatic heterocycles. The maximum atomic E-state index is 4.76. The van der Waals surface area contributed by atoms with Crippen molar-refractivity contribution >= 4 is 34.0 Å². The molecule has 0 amide bonds. The van der Waals surface area contributed by atoms with Gasteiger partial charge >= 0.3 is 0 Å². The molecule has 0 saturated carbocycles. The number of para-hydroxylation sites is 2. The standard InChI is InChI=1S/C21H15N/c1-2-8-16(9-3-1)14-15-17-18-10-4-6-12-20(18)22-21-13-7-5-11-19(17)21/h1-15H. The number of hydrogen-bond acceptors (Lipinski definition) is 1. The normalized spacial score (nSPS) is 11.5. The van der Waals surface area contributed by atoms with Gasteiger partial charge in [0.15, 0.2) is 0 Å². The second kappa shape index (κ2) is 5.45. The molecule has 0 saturated heterocycles. The lowest BCUT2D eigenvalue weighted by Gasteiger charge is -2.07. The lowest BCUT2D eigenvalue weighted by atomic mass is 10.0. The van der Waals surface area contributed by atoms with E-state index in [-0.39, 0.29) is 0 Å². The van der Waals surface area contributed by atoms with E-state index < -0.39 is 0 Å². The minimum Gasteiger partial charge on any atom is -0.248 e. The van der Waals surface area contributed by atoms with Crippen molar-refractivity contribution in [2.75, 3.05) is 0 Å². The van der Waals surface area contributed by atoms with E-state index in [0.29, 0.717) is 0 Å². The second-order valence-corrected chi connectivity index (χ2v) is 5.30. The van der Waals surface area contributed by atoms with Crippen molar-refractivity contribution in [2.24, 2.45) is 0 Å². The van der Waals surface area contributed by atoms with E-state index in [9.17, 15) is 0 Å². The summed E-state index contributed by atoms with van der Waals surface area (Å²) in [6, 6.07) is 27.0. The van der Waals surface area contributed by atoms with Gasteiger partial charge in [0.25, 0.3) is 0 Å². The molecule has 4 aromatic rings. The van der Waals surface area contributed by atoms with E-state index in [0.717, 1.165) is 11.0 Å². The van der Waals surface area contributed by atoms with Crippen LogP contribution < -0.4 is 0 Å². The van der Waals surface area contributed by atoms with Gasteiger partial charge in [-0.05, 0) is 23.3 Å². The fourth-order valence-electron chi connectivity index (χ4n) is 2.80. The average molecular weight is 281 g/mol. The molecule has 0 spiro atoms. The van der Waals surface area contributed by atoms with Gasteiger partial charge in [0, 0.05) is 10.8 Å². The monoisotopic (exact) mass is 281 g/mol. The summed E-state index contributed by atoms with van der Waals surface area (Å²) in [6.45, 7) is 0.